The predicted octanol–water partition coefficient (Wildman–Crippen LogP) is 4.97. The summed E-state index contributed by atoms with van der Waals surface area (Å²) in [5, 5.41) is 0. The summed E-state index contributed by atoms with van der Waals surface area (Å²) < 4.78 is 18.2. The second-order valence-electron chi connectivity index (χ2n) is 8.17. The molecule has 0 radical (unpaired) electrons. The third-order valence-corrected chi connectivity index (χ3v) is 6.58. The van der Waals surface area contributed by atoms with Gasteiger partial charge in [0.05, 0.1) is 25.4 Å². The fourth-order valence-electron chi connectivity index (χ4n) is 5.38. The van der Waals surface area contributed by atoms with Gasteiger partial charge in [-0.3, -0.25) is 0 Å². The van der Waals surface area contributed by atoms with E-state index < -0.39 is 0 Å². The van der Waals surface area contributed by atoms with Gasteiger partial charge in [0.25, 0.3) is 0 Å². The maximum atomic E-state index is 6.29. The monoisotopic (exact) mass is 338 g/mol. The normalized spacial score (nSPS) is 34.9. The van der Waals surface area contributed by atoms with E-state index in [4.69, 9.17) is 14.2 Å². The number of hydrogen-bond acceptors (Lipinski definition) is 3. The summed E-state index contributed by atoms with van der Waals surface area (Å²) in [6, 6.07) is 0. The lowest BCUT2D eigenvalue weighted by Gasteiger charge is -2.45. The molecule has 0 saturated heterocycles. The van der Waals surface area contributed by atoms with Crippen LogP contribution in [0.4, 0.5) is 0 Å². The van der Waals surface area contributed by atoms with Gasteiger partial charge in [0, 0.05) is 13.2 Å². The number of hydrogen-bond donors (Lipinski definition) is 0. The van der Waals surface area contributed by atoms with Crippen molar-refractivity contribution in [3.05, 3.63) is 0 Å². The van der Waals surface area contributed by atoms with Crippen LogP contribution in [0.25, 0.3) is 0 Å². The Morgan fingerprint density at radius 1 is 0.667 bits per heavy atom. The van der Waals surface area contributed by atoms with E-state index in [0.717, 1.165) is 44.2 Å². The molecular weight excluding hydrogens is 300 g/mol. The van der Waals surface area contributed by atoms with E-state index >= 15 is 0 Å². The molecule has 0 spiro atoms. The highest BCUT2D eigenvalue weighted by Gasteiger charge is 2.40. The molecule has 24 heavy (non-hydrogen) atoms. The Balaban J connectivity index is 1.35. The van der Waals surface area contributed by atoms with E-state index in [1.54, 1.807) is 0 Å². The van der Waals surface area contributed by atoms with Crippen LogP contribution in [0.2, 0.25) is 0 Å². The third kappa shape index (κ3) is 5.19. The van der Waals surface area contributed by atoms with Gasteiger partial charge in [-0.1, -0.05) is 32.1 Å². The molecule has 3 heteroatoms. The lowest BCUT2D eigenvalue weighted by atomic mass is 9.68. The molecule has 0 N–H and O–H groups in total. The van der Waals surface area contributed by atoms with E-state index in [1.807, 2.05) is 0 Å². The van der Waals surface area contributed by atoms with Crippen molar-refractivity contribution in [2.24, 2.45) is 17.8 Å². The Kier molecular flexibility index (Phi) is 7.88. The van der Waals surface area contributed by atoms with E-state index in [-0.39, 0.29) is 0 Å². The summed E-state index contributed by atoms with van der Waals surface area (Å²) in [5.41, 5.74) is 0. The lowest BCUT2D eigenvalue weighted by Crippen LogP contribution is -2.44. The molecule has 0 amide bonds. The maximum Gasteiger partial charge on any atom is 0.0704 e. The molecule has 0 aliphatic heterocycles. The quantitative estimate of drug-likeness (QED) is 0.585. The standard InChI is InChI=1S/C21H38O3/c1-2-23-20-12-6-11-19-18(20)10-7-13-21(19)24-15-14-22-16-17-8-4-3-5-9-17/h17-21H,2-16H2,1H3. The van der Waals surface area contributed by atoms with Crippen molar-refractivity contribution >= 4 is 0 Å². The van der Waals surface area contributed by atoms with E-state index in [9.17, 15) is 0 Å². The van der Waals surface area contributed by atoms with Crippen molar-refractivity contribution < 1.29 is 14.2 Å². The number of ether oxygens (including phenoxy) is 3. The Morgan fingerprint density at radius 2 is 1.33 bits per heavy atom. The molecule has 3 aliphatic rings. The fourth-order valence-corrected chi connectivity index (χ4v) is 5.38. The van der Waals surface area contributed by atoms with Crippen LogP contribution in [0.1, 0.15) is 77.6 Å². The van der Waals surface area contributed by atoms with Crippen LogP contribution in [0, 0.1) is 17.8 Å². The molecule has 3 saturated carbocycles. The molecule has 3 rings (SSSR count). The SMILES string of the molecule is CCOC1CCCC2C(OCCOCC3CCCCC3)CCCC12. The maximum absolute atomic E-state index is 6.29. The third-order valence-electron chi connectivity index (χ3n) is 6.58. The predicted molar refractivity (Wildman–Crippen MR) is 97.2 cm³/mol. The summed E-state index contributed by atoms with van der Waals surface area (Å²) in [4.78, 5) is 0. The summed E-state index contributed by atoms with van der Waals surface area (Å²) in [6.45, 7) is 5.49. The van der Waals surface area contributed by atoms with Gasteiger partial charge in [-0.05, 0) is 63.2 Å². The molecule has 140 valence electrons. The Bertz CT molecular complexity index is 338. The minimum absolute atomic E-state index is 0.449. The van der Waals surface area contributed by atoms with Crippen molar-refractivity contribution in [1.82, 2.24) is 0 Å². The van der Waals surface area contributed by atoms with Gasteiger partial charge < -0.3 is 14.2 Å². The number of rotatable bonds is 8. The first kappa shape index (κ1) is 18.7. The van der Waals surface area contributed by atoms with Gasteiger partial charge >= 0.3 is 0 Å². The van der Waals surface area contributed by atoms with Crippen molar-refractivity contribution in [2.45, 2.75) is 89.8 Å². The van der Waals surface area contributed by atoms with Gasteiger partial charge in [0.15, 0.2) is 0 Å². The van der Waals surface area contributed by atoms with E-state index in [1.165, 1.54) is 70.6 Å². The summed E-state index contributed by atoms with van der Waals surface area (Å²) >= 11 is 0. The highest BCUT2D eigenvalue weighted by molar-refractivity contribution is 4.91. The smallest absolute Gasteiger partial charge is 0.0704 e. The highest BCUT2D eigenvalue weighted by atomic mass is 16.5. The molecule has 0 aromatic carbocycles. The zero-order valence-electron chi connectivity index (χ0n) is 15.7. The second-order valence-corrected chi connectivity index (χ2v) is 8.17. The lowest BCUT2D eigenvalue weighted by molar-refractivity contribution is -0.110. The molecule has 0 heterocycles. The van der Waals surface area contributed by atoms with Gasteiger partial charge in [-0.25, -0.2) is 0 Å². The zero-order chi connectivity index (χ0) is 16.6. The Hall–Kier alpha value is -0.120. The second kappa shape index (κ2) is 10.1. The van der Waals surface area contributed by atoms with Crippen molar-refractivity contribution in [2.75, 3.05) is 26.4 Å². The van der Waals surface area contributed by atoms with Crippen LogP contribution >= 0.6 is 0 Å². The van der Waals surface area contributed by atoms with Gasteiger partial charge in [-0.15, -0.1) is 0 Å². The summed E-state index contributed by atoms with van der Waals surface area (Å²) in [6.07, 6.45) is 15.7. The topological polar surface area (TPSA) is 27.7 Å². The van der Waals surface area contributed by atoms with Crippen LogP contribution < -0.4 is 0 Å². The van der Waals surface area contributed by atoms with Crippen LogP contribution in [0.5, 0.6) is 0 Å². The van der Waals surface area contributed by atoms with Crippen molar-refractivity contribution in [3.63, 3.8) is 0 Å². The van der Waals surface area contributed by atoms with E-state index in [2.05, 4.69) is 6.92 Å². The molecular formula is C21H38O3. The summed E-state index contributed by atoms with van der Waals surface area (Å²) in [5.74, 6) is 2.27. The van der Waals surface area contributed by atoms with Crippen molar-refractivity contribution in [3.8, 4) is 0 Å². The van der Waals surface area contributed by atoms with Crippen LogP contribution in [0.15, 0.2) is 0 Å². The minimum atomic E-state index is 0.449. The average Bonchev–Trinajstić information content (AvgIpc) is 2.63. The Morgan fingerprint density at radius 3 is 2.00 bits per heavy atom. The zero-order valence-corrected chi connectivity index (χ0v) is 15.7. The minimum Gasteiger partial charge on any atom is -0.379 e. The first-order chi connectivity index (χ1) is 11.9. The molecule has 0 aromatic heterocycles. The molecule has 3 nitrogen and oxygen atoms in total. The Labute approximate surface area is 148 Å². The molecule has 4 atom stereocenters. The average molecular weight is 339 g/mol. The molecule has 3 aliphatic carbocycles. The van der Waals surface area contributed by atoms with Gasteiger partial charge in [0.1, 0.15) is 0 Å². The molecule has 0 aromatic rings. The largest absolute Gasteiger partial charge is 0.379 e. The molecule has 3 fully saturated rings. The summed E-state index contributed by atoms with van der Waals surface area (Å²) in [7, 11) is 0. The van der Waals surface area contributed by atoms with Crippen molar-refractivity contribution in [1.29, 1.82) is 0 Å². The molecule has 4 unspecified atom stereocenters. The van der Waals surface area contributed by atoms with Crippen LogP contribution in [-0.2, 0) is 14.2 Å². The number of fused-ring (bicyclic) bond motifs is 1. The molecule has 0 bridgehead atoms. The van der Waals surface area contributed by atoms with Gasteiger partial charge in [-0.2, -0.15) is 0 Å². The van der Waals surface area contributed by atoms with Crippen LogP contribution in [0.3, 0.4) is 0 Å². The fraction of sp³-hybridized carbons (Fsp3) is 1.00. The highest BCUT2D eigenvalue weighted by Crippen LogP contribution is 2.43. The first-order valence-electron chi connectivity index (χ1n) is 10.7. The first-order valence-corrected chi connectivity index (χ1v) is 10.7. The van der Waals surface area contributed by atoms with Gasteiger partial charge in [0.2, 0.25) is 0 Å². The van der Waals surface area contributed by atoms with Crippen LogP contribution in [-0.4, -0.2) is 38.6 Å². The van der Waals surface area contributed by atoms with E-state index in [0.29, 0.717) is 12.2 Å².